The average Bonchev–Trinajstić information content (AvgIpc) is 2.33. The molecule has 1 aromatic carbocycles. The molecule has 1 rings (SSSR count). The molecule has 3 N–H and O–H groups in total. The van der Waals surface area contributed by atoms with Gasteiger partial charge in [-0.1, -0.05) is 11.6 Å². The zero-order chi connectivity index (χ0) is 12.7. The molecule has 1 aromatic rings. The van der Waals surface area contributed by atoms with Gasteiger partial charge in [0.1, 0.15) is 5.82 Å². The number of nitrogens with two attached hydrogens (primary N) is 1. The maximum Gasteiger partial charge on any atom is 0.123 e. The predicted molar refractivity (Wildman–Crippen MR) is 67.2 cm³/mol. The fourth-order valence-corrected chi connectivity index (χ4v) is 1.89. The summed E-state index contributed by atoms with van der Waals surface area (Å²) < 4.78 is 18.4. The zero-order valence-electron chi connectivity index (χ0n) is 9.88. The second-order valence-electron chi connectivity index (χ2n) is 3.72. The molecule has 17 heavy (non-hydrogen) atoms. The van der Waals surface area contributed by atoms with E-state index in [-0.39, 0.29) is 11.9 Å². The van der Waals surface area contributed by atoms with Gasteiger partial charge in [0.2, 0.25) is 0 Å². The van der Waals surface area contributed by atoms with Crippen LogP contribution in [0.4, 0.5) is 4.39 Å². The van der Waals surface area contributed by atoms with Crippen molar-refractivity contribution in [2.45, 2.75) is 25.8 Å². The number of rotatable bonds is 7. The SMILES string of the molecule is CCOCCCC(NN)c1cc(F)ccc1Cl. The third-order valence-corrected chi connectivity index (χ3v) is 2.86. The lowest BCUT2D eigenvalue weighted by molar-refractivity contribution is 0.141. The van der Waals surface area contributed by atoms with Gasteiger partial charge in [-0.2, -0.15) is 0 Å². The largest absolute Gasteiger partial charge is 0.382 e. The number of benzene rings is 1. The molecule has 1 atom stereocenters. The van der Waals surface area contributed by atoms with Crippen LogP contribution in [0.2, 0.25) is 5.02 Å². The zero-order valence-corrected chi connectivity index (χ0v) is 10.6. The summed E-state index contributed by atoms with van der Waals surface area (Å²) >= 11 is 6.02. The van der Waals surface area contributed by atoms with Gasteiger partial charge in [-0.05, 0) is 43.5 Å². The summed E-state index contributed by atoms with van der Waals surface area (Å²) in [4.78, 5) is 0. The van der Waals surface area contributed by atoms with Crippen LogP contribution in [0.1, 0.15) is 31.4 Å². The Hall–Kier alpha value is -0.680. The highest BCUT2D eigenvalue weighted by Gasteiger charge is 2.13. The minimum Gasteiger partial charge on any atom is -0.382 e. The molecule has 0 fully saturated rings. The molecule has 3 nitrogen and oxygen atoms in total. The van der Waals surface area contributed by atoms with E-state index in [1.54, 1.807) is 6.07 Å². The molecule has 0 saturated heterocycles. The lowest BCUT2D eigenvalue weighted by atomic mass is 10.0. The Balaban J connectivity index is 2.62. The first-order valence-electron chi connectivity index (χ1n) is 5.67. The third-order valence-electron chi connectivity index (χ3n) is 2.52. The highest BCUT2D eigenvalue weighted by Crippen LogP contribution is 2.26. The van der Waals surface area contributed by atoms with Crippen molar-refractivity contribution in [1.29, 1.82) is 0 Å². The third kappa shape index (κ3) is 4.60. The van der Waals surface area contributed by atoms with Gasteiger partial charge in [-0.3, -0.25) is 11.3 Å². The van der Waals surface area contributed by atoms with E-state index in [2.05, 4.69) is 5.43 Å². The molecular weight excluding hydrogens is 243 g/mol. The molecule has 0 aliphatic carbocycles. The van der Waals surface area contributed by atoms with E-state index >= 15 is 0 Å². The van der Waals surface area contributed by atoms with E-state index in [1.165, 1.54) is 12.1 Å². The van der Waals surface area contributed by atoms with Crippen molar-refractivity contribution in [2.75, 3.05) is 13.2 Å². The van der Waals surface area contributed by atoms with Crippen LogP contribution in [-0.4, -0.2) is 13.2 Å². The van der Waals surface area contributed by atoms with Crippen LogP contribution in [0.3, 0.4) is 0 Å². The van der Waals surface area contributed by atoms with Gasteiger partial charge in [-0.15, -0.1) is 0 Å². The van der Waals surface area contributed by atoms with Gasteiger partial charge in [0.25, 0.3) is 0 Å². The summed E-state index contributed by atoms with van der Waals surface area (Å²) in [6, 6.07) is 4.13. The lowest BCUT2D eigenvalue weighted by Crippen LogP contribution is -2.28. The van der Waals surface area contributed by atoms with Crippen LogP contribution < -0.4 is 11.3 Å². The number of hydrazine groups is 1. The van der Waals surface area contributed by atoms with E-state index in [9.17, 15) is 4.39 Å². The topological polar surface area (TPSA) is 47.3 Å². The van der Waals surface area contributed by atoms with Gasteiger partial charge in [-0.25, -0.2) is 4.39 Å². The molecule has 96 valence electrons. The van der Waals surface area contributed by atoms with E-state index in [4.69, 9.17) is 22.2 Å². The Morgan fingerprint density at radius 1 is 1.53 bits per heavy atom. The van der Waals surface area contributed by atoms with Crippen molar-refractivity contribution in [3.8, 4) is 0 Å². The molecule has 0 aliphatic heterocycles. The summed E-state index contributed by atoms with van der Waals surface area (Å²) in [5.41, 5.74) is 3.34. The quantitative estimate of drug-likeness (QED) is 0.450. The molecule has 0 saturated carbocycles. The minimum absolute atomic E-state index is 0.154. The van der Waals surface area contributed by atoms with Crippen LogP contribution in [0.15, 0.2) is 18.2 Å². The highest BCUT2D eigenvalue weighted by molar-refractivity contribution is 6.31. The highest BCUT2D eigenvalue weighted by atomic mass is 35.5. The first kappa shape index (κ1) is 14.4. The normalized spacial score (nSPS) is 12.7. The Labute approximate surface area is 106 Å². The van der Waals surface area contributed by atoms with Crippen molar-refractivity contribution in [3.63, 3.8) is 0 Å². The molecule has 0 aromatic heterocycles. The second-order valence-corrected chi connectivity index (χ2v) is 4.13. The fourth-order valence-electron chi connectivity index (χ4n) is 1.64. The van der Waals surface area contributed by atoms with Gasteiger partial charge in [0.05, 0.1) is 0 Å². The summed E-state index contributed by atoms with van der Waals surface area (Å²) in [6.07, 6.45) is 1.59. The van der Waals surface area contributed by atoms with Crippen LogP contribution in [0.5, 0.6) is 0 Å². The van der Waals surface area contributed by atoms with Crippen LogP contribution in [0.25, 0.3) is 0 Å². The second kappa shape index (κ2) is 7.61. The van der Waals surface area contributed by atoms with E-state index < -0.39 is 0 Å². The van der Waals surface area contributed by atoms with Crippen LogP contribution >= 0.6 is 11.6 Å². The first-order chi connectivity index (χ1) is 8.19. The maximum atomic E-state index is 13.1. The minimum atomic E-state index is -0.311. The summed E-state index contributed by atoms with van der Waals surface area (Å²) in [6.45, 7) is 3.31. The number of ether oxygens (including phenoxy) is 1. The van der Waals surface area contributed by atoms with Gasteiger partial charge < -0.3 is 4.74 Å². The van der Waals surface area contributed by atoms with Crippen molar-refractivity contribution in [3.05, 3.63) is 34.6 Å². The van der Waals surface area contributed by atoms with Crippen molar-refractivity contribution >= 4 is 11.6 Å². The molecule has 0 radical (unpaired) electrons. The molecule has 0 amide bonds. The first-order valence-corrected chi connectivity index (χ1v) is 6.05. The monoisotopic (exact) mass is 260 g/mol. The summed E-state index contributed by atoms with van der Waals surface area (Å²) in [5.74, 6) is 5.16. The van der Waals surface area contributed by atoms with Crippen LogP contribution in [0, 0.1) is 5.82 Å². The van der Waals surface area contributed by atoms with E-state index in [0.29, 0.717) is 23.8 Å². The smallest absolute Gasteiger partial charge is 0.123 e. The van der Waals surface area contributed by atoms with Crippen molar-refractivity contribution in [2.24, 2.45) is 5.84 Å². The maximum absolute atomic E-state index is 13.1. The fraction of sp³-hybridized carbons (Fsp3) is 0.500. The van der Waals surface area contributed by atoms with E-state index in [1.807, 2.05) is 6.92 Å². The lowest BCUT2D eigenvalue weighted by Gasteiger charge is -2.17. The predicted octanol–water partition coefficient (Wildman–Crippen LogP) is 2.80. The van der Waals surface area contributed by atoms with Gasteiger partial charge in [0, 0.05) is 24.3 Å². The molecule has 1 unspecified atom stereocenters. The van der Waals surface area contributed by atoms with E-state index in [0.717, 1.165) is 12.8 Å². The summed E-state index contributed by atoms with van der Waals surface area (Å²) in [5, 5.41) is 0.519. The number of nitrogens with one attached hydrogen (secondary N) is 1. The number of hydrogen-bond acceptors (Lipinski definition) is 3. The molecular formula is C12H18ClFN2O. The molecule has 0 heterocycles. The van der Waals surface area contributed by atoms with Gasteiger partial charge in [0.15, 0.2) is 0 Å². The molecule has 0 spiro atoms. The van der Waals surface area contributed by atoms with Crippen molar-refractivity contribution < 1.29 is 9.13 Å². The number of halogens is 2. The van der Waals surface area contributed by atoms with Crippen molar-refractivity contribution in [1.82, 2.24) is 5.43 Å². The van der Waals surface area contributed by atoms with Crippen LogP contribution in [-0.2, 0) is 4.74 Å². The number of hydrogen-bond donors (Lipinski definition) is 2. The standard InChI is InChI=1S/C12H18ClFN2O/c1-2-17-7-3-4-12(16-15)10-8-9(14)5-6-11(10)13/h5-6,8,12,16H,2-4,7,15H2,1H3. The Bertz CT molecular complexity index is 349. The molecule has 0 aliphatic rings. The summed E-state index contributed by atoms with van der Waals surface area (Å²) in [7, 11) is 0. The average molecular weight is 261 g/mol. The molecule has 0 bridgehead atoms. The molecule has 5 heteroatoms. The Kier molecular flexibility index (Phi) is 6.44. The Morgan fingerprint density at radius 3 is 2.94 bits per heavy atom. The van der Waals surface area contributed by atoms with Gasteiger partial charge >= 0.3 is 0 Å². The Morgan fingerprint density at radius 2 is 2.29 bits per heavy atom.